The number of nitrogens with two attached hydrogens (primary N) is 1. The molecule has 0 unspecified atom stereocenters. The van der Waals surface area contributed by atoms with Crippen LogP contribution in [-0.4, -0.2) is 9.82 Å². The summed E-state index contributed by atoms with van der Waals surface area (Å²) in [5.74, 6) is 1.08. The molecule has 2 N–H and O–H groups in total. The predicted molar refractivity (Wildman–Crippen MR) is 81.9 cm³/mol. The van der Waals surface area contributed by atoms with Crippen LogP contribution in [0.15, 0.2) is 24.4 Å². The molecular formula is C15H22N2S. The molecule has 98 valence electrons. The first-order valence-electron chi connectivity index (χ1n) is 6.58. The molecule has 0 spiro atoms. The molecule has 2 nitrogen and oxygen atoms in total. The number of rotatable bonds is 5. The molecule has 1 heterocycles. The van der Waals surface area contributed by atoms with Crippen LogP contribution < -0.4 is 5.73 Å². The second-order valence-electron chi connectivity index (χ2n) is 4.86. The average molecular weight is 262 g/mol. The van der Waals surface area contributed by atoms with Crippen LogP contribution in [0.2, 0.25) is 0 Å². The number of fused-ring (bicyclic) bond motifs is 1. The summed E-state index contributed by atoms with van der Waals surface area (Å²) in [7, 11) is 0. The minimum atomic E-state index is 0.615. The highest BCUT2D eigenvalue weighted by molar-refractivity contribution is 7.99. The van der Waals surface area contributed by atoms with Crippen molar-refractivity contribution in [2.24, 2.45) is 5.73 Å². The number of aryl methyl sites for hydroxylation is 1. The van der Waals surface area contributed by atoms with E-state index in [2.05, 4.69) is 49.7 Å². The van der Waals surface area contributed by atoms with Crippen molar-refractivity contribution in [3.8, 4) is 0 Å². The van der Waals surface area contributed by atoms with E-state index in [4.69, 9.17) is 5.73 Å². The van der Waals surface area contributed by atoms with Crippen molar-refractivity contribution in [3.63, 3.8) is 0 Å². The molecule has 0 aliphatic heterocycles. The monoisotopic (exact) mass is 262 g/mol. The lowest BCUT2D eigenvalue weighted by atomic mass is 10.1. The van der Waals surface area contributed by atoms with Gasteiger partial charge >= 0.3 is 0 Å². The third kappa shape index (κ3) is 2.73. The molecule has 0 radical (unpaired) electrons. The highest BCUT2D eigenvalue weighted by Crippen LogP contribution is 2.27. The third-order valence-corrected chi connectivity index (χ3v) is 4.32. The van der Waals surface area contributed by atoms with Crippen LogP contribution in [0.4, 0.5) is 0 Å². The average Bonchev–Trinajstić information content (AvgIpc) is 2.73. The van der Waals surface area contributed by atoms with Gasteiger partial charge in [0.1, 0.15) is 0 Å². The summed E-state index contributed by atoms with van der Waals surface area (Å²) in [6, 6.07) is 6.58. The van der Waals surface area contributed by atoms with Gasteiger partial charge in [0.2, 0.25) is 0 Å². The van der Waals surface area contributed by atoms with Gasteiger partial charge in [-0.25, -0.2) is 0 Å². The molecule has 0 atom stereocenters. The molecule has 1 aromatic heterocycles. The molecule has 0 aliphatic rings. The number of benzene rings is 1. The molecular weight excluding hydrogens is 240 g/mol. The summed E-state index contributed by atoms with van der Waals surface area (Å²) in [5.41, 5.74) is 9.71. The van der Waals surface area contributed by atoms with E-state index >= 15 is 0 Å². The smallest absolute Gasteiger partial charge is 0.0483 e. The molecule has 0 saturated carbocycles. The largest absolute Gasteiger partial charge is 0.347 e. The van der Waals surface area contributed by atoms with Crippen LogP contribution in [0.5, 0.6) is 0 Å². The molecule has 1 aromatic carbocycles. The van der Waals surface area contributed by atoms with E-state index in [9.17, 15) is 0 Å². The molecule has 0 bridgehead atoms. The standard InChI is InChI=1S/C15H22N2S/c1-4-17-9-13(10-18-11(2)3)14-7-12(8-16)5-6-15(14)17/h5-7,9,11H,4,8,10,16H2,1-3H3. The van der Waals surface area contributed by atoms with Gasteiger partial charge in [-0.2, -0.15) is 11.8 Å². The minimum Gasteiger partial charge on any atom is -0.347 e. The molecule has 18 heavy (non-hydrogen) atoms. The number of aromatic nitrogens is 1. The van der Waals surface area contributed by atoms with Crippen LogP contribution >= 0.6 is 11.8 Å². The zero-order valence-electron chi connectivity index (χ0n) is 11.4. The van der Waals surface area contributed by atoms with Gasteiger partial charge in [-0.1, -0.05) is 19.9 Å². The van der Waals surface area contributed by atoms with Gasteiger partial charge in [-0.05, 0) is 35.4 Å². The topological polar surface area (TPSA) is 30.9 Å². The van der Waals surface area contributed by atoms with Crippen LogP contribution in [0, 0.1) is 0 Å². The van der Waals surface area contributed by atoms with E-state index in [0.29, 0.717) is 11.8 Å². The van der Waals surface area contributed by atoms with Gasteiger partial charge in [0, 0.05) is 35.9 Å². The Morgan fingerprint density at radius 3 is 2.72 bits per heavy atom. The van der Waals surface area contributed by atoms with Crippen LogP contribution in [0.1, 0.15) is 31.9 Å². The van der Waals surface area contributed by atoms with Gasteiger partial charge in [0.25, 0.3) is 0 Å². The van der Waals surface area contributed by atoms with Crippen molar-refractivity contribution in [2.75, 3.05) is 0 Å². The lowest BCUT2D eigenvalue weighted by molar-refractivity contribution is 0.795. The third-order valence-electron chi connectivity index (χ3n) is 3.18. The van der Waals surface area contributed by atoms with Crippen molar-refractivity contribution >= 4 is 22.7 Å². The number of hydrogen-bond donors (Lipinski definition) is 1. The van der Waals surface area contributed by atoms with E-state index in [1.165, 1.54) is 22.0 Å². The highest BCUT2D eigenvalue weighted by atomic mass is 32.2. The molecule has 0 amide bonds. The number of thioether (sulfide) groups is 1. The first-order chi connectivity index (χ1) is 8.65. The van der Waals surface area contributed by atoms with E-state index in [0.717, 1.165) is 12.3 Å². The van der Waals surface area contributed by atoms with E-state index in [-0.39, 0.29) is 0 Å². The molecule has 0 saturated heterocycles. The summed E-state index contributed by atoms with van der Waals surface area (Å²) >= 11 is 1.99. The maximum Gasteiger partial charge on any atom is 0.0483 e. The van der Waals surface area contributed by atoms with Crippen molar-refractivity contribution in [1.29, 1.82) is 0 Å². The zero-order chi connectivity index (χ0) is 13.1. The zero-order valence-corrected chi connectivity index (χ0v) is 12.3. The summed E-state index contributed by atoms with van der Waals surface area (Å²) in [6.07, 6.45) is 2.29. The van der Waals surface area contributed by atoms with E-state index < -0.39 is 0 Å². The minimum absolute atomic E-state index is 0.615. The number of hydrogen-bond acceptors (Lipinski definition) is 2. The molecule has 3 heteroatoms. The lowest BCUT2D eigenvalue weighted by Gasteiger charge is -2.04. The Morgan fingerprint density at radius 2 is 2.11 bits per heavy atom. The fourth-order valence-corrected chi connectivity index (χ4v) is 2.92. The van der Waals surface area contributed by atoms with Gasteiger partial charge in [-0.3, -0.25) is 0 Å². The van der Waals surface area contributed by atoms with Gasteiger partial charge in [0.15, 0.2) is 0 Å². The maximum atomic E-state index is 5.74. The Labute approximate surface area is 114 Å². The van der Waals surface area contributed by atoms with E-state index in [1.807, 2.05) is 11.8 Å². The van der Waals surface area contributed by atoms with Crippen LogP contribution in [-0.2, 0) is 18.8 Å². The predicted octanol–water partition coefficient (Wildman–Crippen LogP) is 3.76. The van der Waals surface area contributed by atoms with Gasteiger partial charge < -0.3 is 10.3 Å². The van der Waals surface area contributed by atoms with Crippen LogP contribution in [0.3, 0.4) is 0 Å². The Balaban J connectivity index is 2.43. The van der Waals surface area contributed by atoms with Crippen molar-refractivity contribution in [3.05, 3.63) is 35.5 Å². The highest BCUT2D eigenvalue weighted by Gasteiger charge is 2.09. The fourth-order valence-electron chi connectivity index (χ4n) is 2.18. The molecule has 2 aromatic rings. The maximum absolute atomic E-state index is 5.74. The van der Waals surface area contributed by atoms with Crippen LogP contribution in [0.25, 0.3) is 10.9 Å². The first-order valence-corrected chi connectivity index (χ1v) is 7.63. The summed E-state index contributed by atoms with van der Waals surface area (Å²) in [6.45, 7) is 8.31. The fraction of sp³-hybridized carbons (Fsp3) is 0.467. The molecule has 2 rings (SSSR count). The lowest BCUT2D eigenvalue weighted by Crippen LogP contribution is -1.96. The van der Waals surface area contributed by atoms with Gasteiger partial charge in [0.05, 0.1) is 0 Å². The second-order valence-corrected chi connectivity index (χ2v) is 6.42. The second kappa shape index (κ2) is 5.81. The van der Waals surface area contributed by atoms with Gasteiger partial charge in [-0.15, -0.1) is 0 Å². The van der Waals surface area contributed by atoms with Crippen molar-refractivity contribution in [2.45, 2.75) is 44.9 Å². The van der Waals surface area contributed by atoms with Crippen molar-refractivity contribution < 1.29 is 0 Å². The molecule has 0 aliphatic carbocycles. The summed E-state index contributed by atoms with van der Waals surface area (Å²) in [4.78, 5) is 0. The summed E-state index contributed by atoms with van der Waals surface area (Å²) in [5, 5.41) is 2.04. The molecule has 0 fully saturated rings. The first kappa shape index (κ1) is 13.5. The van der Waals surface area contributed by atoms with E-state index in [1.54, 1.807) is 0 Å². The van der Waals surface area contributed by atoms with Crippen molar-refractivity contribution in [1.82, 2.24) is 4.57 Å². The summed E-state index contributed by atoms with van der Waals surface area (Å²) < 4.78 is 2.33. The Bertz CT molecular complexity index is 529. The Hall–Kier alpha value is -0.930. The quantitative estimate of drug-likeness (QED) is 0.889. The number of nitrogens with zero attached hydrogens (tertiary/aromatic N) is 1. The SMILES string of the molecule is CCn1cc(CSC(C)C)c2cc(CN)ccc21. The normalized spacial score (nSPS) is 11.6. The Kier molecular flexibility index (Phi) is 4.36. The Morgan fingerprint density at radius 1 is 1.33 bits per heavy atom.